The zero-order valence-electron chi connectivity index (χ0n) is 12.8. The normalized spacial score (nSPS) is 10.9. The van der Waals surface area contributed by atoms with Crippen molar-refractivity contribution < 1.29 is 19.8 Å². The minimum Gasteiger partial charge on any atom is -0.465 e. The van der Waals surface area contributed by atoms with Crippen LogP contribution in [0.1, 0.15) is 25.0 Å². The highest BCUT2D eigenvalue weighted by molar-refractivity contribution is 5.83. The molecular formula is C17H18N2O4. The lowest BCUT2D eigenvalue weighted by molar-refractivity contribution is 0.208. The minimum atomic E-state index is -1.10. The maximum atomic E-state index is 10.6. The SMILES string of the molecule is CC(C)(c1ccc(NC(=O)O)cc1)c1ccc(NC(=O)O)cc1. The van der Waals surface area contributed by atoms with Crippen LogP contribution in [0.15, 0.2) is 48.5 Å². The molecule has 6 nitrogen and oxygen atoms in total. The molecule has 0 aromatic heterocycles. The first kappa shape index (κ1) is 16.4. The number of carboxylic acid groups (broad SMARTS) is 2. The summed E-state index contributed by atoms with van der Waals surface area (Å²) in [5.41, 5.74) is 2.76. The summed E-state index contributed by atoms with van der Waals surface area (Å²) in [7, 11) is 0. The fraction of sp³-hybridized carbons (Fsp3) is 0.176. The fourth-order valence-corrected chi connectivity index (χ4v) is 2.35. The van der Waals surface area contributed by atoms with Gasteiger partial charge in [-0.05, 0) is 35.4 Å². The van der Waals surface area contributed by atoms with Crippen molar-refractivity contribution in [2.45, 2.75) is 19.3 Å². The van der Waals surface area contributed by atoms with E-state index in [1.165, 1.54) is 0 Å². The maximum absolute atomic E-state index is 10.6. The van der Waals surface area contributed by atoms with Gasteiger partial charge in [0.05, 0.1) is 0 Å². The van der Waals surface area contributed by atoms with Crippen LogP contribution in [-0.2, 0) is 5.41 Å². The fourth-order valence-electron chi connectivity index (χ4n) is 2.35. The van der Waals surface area contributed by atoms with E-state index in [0.29, 0.717) is 11.4 Å². The summed E-state index contributed by atoms with van der Waals surface area (Å²) >= 11 is 0. The lowest BCUT2D eigenvalue weighted by Gasteiger charge is -2.26. The van der Waals surface area contributed by atoms with Crippen LogP contribution in [0.4, 0.5) is 21.0 Å². The van der Waals surface area contributed by atoms with Gasteiger partial charge in [0.1, 0.15) is 0 Å². The summed E-state index contributed by atoms with van der Waals surface area (Å²) in [5.74, 6) is 0. The highest BCUT2D eigenvalue weighted by Gasteiger charge is 2.23. The number of amides is 2. The number of hydrogen-bond acceptors (Lipinski definition) is 2. The largest absolute Gasteiger partial charge is 0.465 e. The van der Waals surface area contributed by atoms with Crippen LogP contribution in [0.3, 0.4) is 0 Å². The molecular weight excluding hydrogens is 296 g/mol. The van der Waals surface area contributed by atoms with Crippen molar-refractivity contribution in [2.24, 2.45) is 0 Å². The van der Waals surface area contributed by atoms with E-state index in [1.54, 1.807) is 24.3 Å². The molecule has 0 spiro atoms. The van der Waals surface area contributed by atoms with Crippen molar-refractivity contribution in [3.8, 4) is 0 Å². The molecule has 0 fully saturated rings. The second kappa shape index (κ2) is 6.39. The molecule has 2 rings (SSSR count). The number of nitrogens with one attached hydrogen (secondary N) is 2. The Kier molecular flexibility index (Phi) is 4.55. The third-order valence-electron chi connectivity index (χ3n) is 3.72. The Morgan fingerprint density at radius 1 is 0.739 bits per heavy atom. The Bertz CT molecular complexity index is 645. The van der Waals surface area contributed by atoms with Gasteiger partial charge in [0.15, 0.2) is 0 Å². The van der Waals surface area contributed by atoms with Crippen LogP contribution < -0.4 is 10.6 Å². The molecule has 0 aliphatic carbocycles. The van der Waals surface area contributed by atoms with E-state index >= 15 is 0 Å². The van der Waals surface area contributed by atoms with E-state index in [0.717, 1.165) is 11.1 Å². The molecule has 120 valence electrons. The molecule has 0 atom stereocenters. The van der Waals surface area contributed by atoms with E-state index in [-0.39, 0.29) is 5.41 Å². The molecule has 23 heavy (non-hydrogen) atoms. The lowest BCUT2D eigenvalue weighted by atomic mass is 9.78. The molecule has 0 unspecified atom stereocenters. The van der Waals surface area contributed by atoms with Crippen molar-refractivity contribution in [2.75, 3.05) is 10.6 Å². The average molecular weight is 314 g/mol. The van der Waals surface area contributed by atoms with Crippen LogP contribution in [0.5, 0.6) is 0 Å². The summed E-state index contributed by atoms with van der Waals surface area (Å²) < 4.78 is 0. The third-order valence-corrected chi connectivity index (χ3v) is 3.72. The quantitative estimate of drug-likeness (QED) is 0.680. The molecule has 6 heteroatoms. The van der Waals surface area contributed by atoms with Gasteiger partial charge in [-0.15, -0.1) is 0 Å². The van der Waals surface area contributed by atoms with Gasteiger partial charge in [0, 0.05) is 16.8 Å². The van der Waals surface area contributed by atoms with Crippen LogP contribution in [0, 0.1) is 0 Å². The van der Waals surface area contributed by atoms with E-state index in [1.807, 2.05) is 38.1 Å². The Hall–Kier alpha value is -3.02. The first-order valence-electron chi connectivity index (χ1n) is 7.00. The van der Waals surface area contributed by atoms with E-state index in [9.17, 15) is 9.59 Å². The van der Waals surface area contributed by atoms with Crippen LogP contribution in [0.2, 0.25) is 0 Å². The molecule has 0 bridgehead atoms. The number of benzene rings is 2. The van der Waals surface area contributed by atoms with Gasteiger partial charge in [-0.25, -0.2) is 9.59 Å². The zero-order chi connectivity index (χ0) is 17.0. The molecule has 0 aliphatic rings. The summed E-state index contributed by atoms with van der Waals surface area (Å²) in [6, 6.07) is 14.3. The smallest absolute Gasteiger partial charge is 0.409 e. The Labute approximate surface area is 133 Å². The number of carbonyl (C=O) groups is 2. The molecule has 2 aromatic carbocycles. The van der Waals surface area contributed by atoms with Crippen molar-refractivity contribution >= 4 is 23.6 Å². The second-order valence-electron chi connectivity index (χ2n) is 5.64. The standard InChI is InChI=1S/C17H18N2O4/c1-17(2,11-3-7-13(8-4-11)18-15(20)21)12-5-9-14(10-6-12)19-16(22)23/h3-10,18-19H,1-2H3,(H,20,21)(H,22,23). The number of rotatable bonds is 4. The van der Waals surface area contributed by atoms with E-state index in [2.05, 4.69) is 10.6 Å². The summed E-state index contributed by atoms with van der Waals surface area (Å²) in [5, 5.41) is 22.0. The minimum absolute atomic E-state index is 0.302. The molecule has 0 aliphatic heterocycles. The number of anilines is 2. The van der Waals surface area contributed by atoms with Gasteiger partial charge in [0.25, 0.3) is 0 Å². The Morgan fingerprint density at radius 3 is 1.30 bits per heavy atom. The summed E-state index contributed by atoms with van der Waals surface area (Å²) in [6.45, 7) is 4.10. The third kappa shape index (κ3) is 4.00. The highest BCUT2D eigenvalue weighted by Crippen LogP contribution is 2.32. The van der Waals surface area contributed by atoms with Crippen molar-refractivity contribution in [1.29, 1.82) is 0 Å². The van der Waals surface area contributed by atoms with Gasteiger partial charge in [0.2, 0.25) is 0 Å². The van der Waals surface area contributed by atoms with E-state index in [4.69, 9.17) is 10.2 Å². The van der Waals surface area contributed by atoms with Gasteiger partial charge >= 0.3 is 12.2 Å². The summed E-state index contributed by atoms with van der Waals surface area (Å²) in [6.07, 6.45) is -2.20. The Balaban J connectivity index is 2.23. The highest BCUT2D eigenvalue weighted by atomic mass is 16.4. The van der Waals surface area contributed by atoms with Crippen molar-refractivity contribution in [3.05, 3.63) is 59.7 Å². The first-order valence-corrected chi connectivity index (χ1v) is 7.00. The van der Waals surface area contributed by atoms with Crippen LogP contribution in [0.25, 0.3) is 0 Å². The average Bonchev–Trinajstić information content (AvgIpc) is 2.47. The van der Waals surface area contributed by atoms with Gasteiger partial charge in [-0.1, -0.05) is 38.1 Å². The maximum Gasteiger partial charge on any atom is 0.409 e. The molecule has 4 N–H and O–H groups in total. The molecule has 0 heterocycles. The monoisotopic (exact) mass is 314 g/mol. The number of hydrogen-bond donors (Lipinski definition) is 4. The van der Waals surface area contributed by atoms with Crippen molar-refractivity contribution in [3.63, 3.8) is 0 Å². The van der Waals surface area contributed by atoms with Crippen LogP contribution in [-0.4, -0.2) is 22.4 Å². The first-order chi connectivity index (χ1) is 10.8. The summed E-state index contributed by atoms with van der Waals surface area (Å²) in [4.78, 5) is 21.2. The predicted octanol–water partition coefficient (Wildman–Crippen LogP) is 4.19. The topological polar surface area (TPSA) is 98.7 Å². The zero-order valence-corrected chi connectivity index (χ0v) is 12.8. The van der Waals surface area contributed by atoms with Gasteiger partial charge in [-0.3, -0.25) is 10.6 Å². The van der Waals surface area contributed by atoms with Gasteiger partial charge in [-0.2, -0.15) is 0 Å². The molecule has 2 amide bonds. The second-order valence-corrected chi connectivity index (χ2v) is 5.64. The molecule has 0 radical (unpaired) electrons. The lowest BCUT2D eigenvalue weighted by Crippen LogP contribution is -2.19. The van der Waals surface area contributed by atoms with Crippen LogP contribution >= 0.6 is 0 Å². The molecule has 2 aromatic rings. The van der Waals surface area contributed by atoms with Gasteiger partial charge < -0.3 is 10.2 Å². The Morgan fingerprint density at radius 2 is 1.04 bits per heavy atom. The molecule has 0 saturated carbocycles. The van der Waals surface area contributed by atoms with E-state index < -0.39 is 12.2 Å². The molecule has 0 saturated heterocycles. The van der Waals surface area contributed by atoms with Crippen molar-refractivity contribution in [1.82, 2.24) is 0 Å². The predicted molar refractivity (Wildman–Crippen MR) is 88.3 cm³/mol.